The first kappa shape index (κ1) is 16.6. The highest BCUT2D eigenvalue weighted by atomic mass is 35.5. The summed E-state index contributed by atoms with van der Waals surface area (Å²) in [6.45, 7) is 6.30. The second-order valence-electron chi connectivity index (χ2n) is 5.73. The molecule has 2 heterocycles. The van der Waals surface area contributed by atoms with Crippen molar-refractivity contribution in [2.75, 3.05) is 43.9 Å². The number of nitrogens with two attached hydrogens (primary N) is 1. The average Bonchev–Trinajstić information content (AvgIpc) is 2.50. The highest BCUT2D eigenvalue weighted by Gasteiger charge is 2.17. The molecule has 0 radical (unpaired) electrons. The van der Waals surface area contributed by atoms with Crippen LogP contribution in [0.1, 0.15) is 5.56 Å². The summed E-state index contributed by atoms with van der Waals surface area (Å²) < 4.78 is 0. The second-order valence-corrected chi connectivity index (χ2v) is 5.73. The molecule has 2 aromatic rings. The fourth-order valence-electron chi connectivity index (χ4n) is 2.77. The number of benzene rings is 1. The van der Waals surface area contributed by atoms with E-state index in [1.807, 2.05) is 0 Å². The molecule has 0 unspecified atom stereocenters. The van der Waals surface area contributed by atoms with E-state index in [9.17, 15) is 0 Å². The van der Waals surface area contributed by atoms with E-state index in [1.54, 1.807) is 6.20 Å². The van der Waals surface area contributed by atoms with Crippen molar-refractivity contribution in [3.8, 4) is 11.1 Å². The molecule has 1 aromatic heterocycles. The lowest BCUT2D eigenvalue weighted by Gasteiger charge is -2.33. The van der Waals surface area contributed by atoms with Gasteiger partial charge in [-0.1, -0.05) is 24.3 Å². The smallest absolute Gasteiger partial charge is 0.129 e. The van der Waals surface area contributed by atoms with Crippen molar-refractivity contribution >= 4 is 23.9 Å². The molecule has 118 valence electrons. The molecule has 0 bridgehead atoms. The zero-order chi connectivity index (χ0) is 14.8. The first-order valence-electron chi connectivity index (χ1n) is 7.40. The lowest BCUT2D eigenvalue weighted by molar-refractivity contribution is 0.312. The molecule has 1 aliphatic rings. The summed E-state index contributed by atoms with van der Waals surface area (Å²) in [6.07, 6.45) is 1.79. The van der Waals surface area contributed by atoms with Gasteiger partial charge in [0.15, 0.2) is 0 Å². The molecule has 1 saturated heterocycles. The lowest BCUT2D eigenvalue weighted by atomic mass is 10.00. The number of aryl methyl sites for hydroxylation is 1. The number of hydrogen-bond donors (Lipinski definition) is 1. The number of hydrogen-bond acceptors (Lipinski definition) is 4. The number of likely N-dealkylation sites (N-methyl/N-ethyl adjacent to an activating group) is 1. The highest BCUT2D eigenvalue weighted by molar-refractivity contribution is 5.85. The van der Waals surface area contributed by atoms with E-state index < -0.39 is 0 Å². The van der Waals surface area contributed by atoms with Crippen LogP contribution in [0.4, 0.5) is 11.5 Å². The molecule has 1 fully saturated rings. The molecule has 0 aliphatic carbocycles. The Kier molecular flexibility index (Phi) is 5.27. The SMILES string of the molecule is Cc1ccccc1-c1cc(N2CCN(C)CC2)ncc1N.Cl. The fourth-order valence-corrected chi connectivity index (χ4v) is 2.77. The van der Waals surface area contributed by atoms with Gasteiger partial charge < -0.3 is 15.5 Å². The van der Waals surface area contributed by atoms with Crippen LogP contribution >= 0.6 is 12.4 Å². The van der Waals surface area contributed by atoms with Crippen LogP contribution in [0.5, 0.6) is 0 Å². The Morgan fingerprint density at radius 1 is 1.05 bits per heavy atom. The van der Waals surface area contributed by atoms with Gasteiger partial charge in [0, 0.05) is 31.7 Å². The zero-order valence-corrected chi connectivity index (χ0v) is 13.9. The van der Waals surface area contributed by atoms with Crippen molar-refractivity contribution in [3.63, 3.8) is 0 Å². The third-order valence-electron chi connectivity index (χ3n) is 4.18. The number of rotatable bonds is 2. The molecule has 4 nitrogen and oxygen atoms in total. The van der Waals surface area contributed by atoms with E-state index in [1.165, 1.54) is 11.1 Å². The molecule has 2 N–H and O–H groups in total. The number of halogens is 1. The van der Waals surface area contributed by atoms with Crippen molar-refractivity contribution in [1.29, 1.82) is 0 Å². The van der Waals surface area contributed by atoms with E-state index in [0.29, 0.717) is 0 Å². The third-order valence-corrected chi connectivity index (χ3v) is 4.18. The van der Waals surface area contributed by atoms with Gasteiger partial charge in [-0.15, -0.1) is 12.4 Å². The predicted octanol–water partition coefficient (Wildman–Crippen LogP) is 2.81. The van der Waals surface area contributed by atoms with E-state index in [2.05, 4.69) is 59.1 Å². The van der Waals surface area contributed by atoms with Gasteiger partial charge in [-0.25, -0.2) is 4.98 Å². The van der Waals surface area contributed by atoms with E-state index >= 15 is 0 Å². The van der Waals surface area contributed by atoms with Crippen molar-refractivity contribution in [2.45, 2.75) is 6.92 Å². The van der Waals surface area contributed by atoms with Crippen LogP contribution in [0.25, 0.3) is 11.1 Å². The van der Waals surface area contributed by atoms with Gasteiger partial charge in [-0.3, -0.25) is 0 Å². The van der Waals surface area contributed by atoms with Crippen LogP contribution < -0.4 is 10.6 Å². The standard InChI is InChI=1S/C17H22N4.ClH/c1-13-5-3-4-6-14(13)15-11-17(19-12-16(15)18)21-9-7-20(2)8-10-21;/h3-6,11-12H,7-10,18H2,1-2H3;1H. The molecule has 3 rings (SSSR count). The molecule has 0 amide bonds. The summed E-state index contributed by atoms with van der Waals surface area (Å²) in [5.74, 6) is 1.02. The van der Waals surface area contributed by atoms with E-state index in [-0.39, 0.29) is 12.4 Å². The average molecular weight is 319 g/mol. The first-order valence-corrected chi connectivity index (χ1v) is 7.40. The summed E-state index contributed by atoms with van der Waals surface area (Å²) in [5, 5.41) is 0. The van der Waals surface area contributed by atoms with Crippen LogP contribution in [0, 0.1) is 6.92 Å². The van der Waals surface area contributed by atoms with E-state index in [0.717, 1.165) is 43.2 Å². The Balaban J connectivity index is 0.00000176. The number of pyridine rings is 1. The monoisotopic (exact) mass is 318 g/mol. The van der Waals surface area contributed by atoms with Crippen molar-refractivity contribution < 1.29 is 0 Å². The summed E-state index contributed by atoms with van der Waals surface area (Å²) in [5.41, 5.74) is 10.4. The van der Waals surface area contributed by atoms with E-state index in [4.69, 9.17) is 5.73 Å². The maximum Gasteiger partial charge on any atom is 0.129 e. The molecule has 1 aromatic carbocycles. The molecule has 0 saturated carbocycles. The van der Waals surface area contributed by atoms with Crippen molar-refractivity contribution in [1.82, 2.24) is 9.88 Å². The third kappa shape index (κ3) is 3.34. The molecular weight excluding hydrogens is 296 g/mol. The van der Waals surface area contributed by atoms with Gasteiger partial charge in [0.1, 0.15) is 5.82 Å². The van der Waals surface area contributed by atoms with Crippen LogP contribution in [0.15, 0.2) is 36.5 Å². The van der Waals surface area contributed by atoms with Gasteiger partial charge in [0.25, 0.3) is 0 Å². The molecule has 5 heteroatoms. The normalized spacial score (nSPS) is 15.5. The van der Waals surface area contributed by atoms with Crippen LogP contribution in [0.3, 0.4) is 0 Å². The summed E-state index contributed by atoms with van der Waals surface area (Å²) in [7, 11) is 2.16. The van der Waals surface area contributed by atoms with Crippen LogP contribution in [-0.4, -0.2) is 43.1 Å². The van der Waals surface area contributed by atoms with Crippen LogP contribution in [0.2, 0.25) is 0 Å². The van der Waals surface area contributed by atoms with Gasteiger partial charge in [-0.05, 0) is 31.2 Å². The summed E-state index contributed by atoms with van der Waals surface area (Å²) in [6, 6.07) is 10.5. The molecule has 1 aliphatic heterocycles. The number of anilines is 2. The largest absolute Gasteiger partial charge is 0.397 e. The Morgan fingerprint density at radius 3 is 2.41 bits per heavy atom. The maximum absolute atomic E-state index is 6.15. The minimum Gasteiger partial charge on any atom is -0.397 e. The Bertz CT molecular complexity index is 636. The predicted molar refractivity (Wildman–Crippen MR) is 95.8 cm³/mol. The highest BCUT2D eigenvalue weighted by Crippen LogP contribution is 2.31. The minimum atomic E-state index is 0. The quantitative estimate of drug-likeness (QED) is 0.925. The molecule has 22 heavy (non-hydrogen) atoms. The fraction of sp³-hybridized carbons (Fsp3) is 0.353. The van der Waals surface area contributed by atoms with Crippen molar-refractivity contribution in [3.05, 3.63) is 42.1 Å². The summed E-state index contributed by atoms with van der Waals surface area (Å²) >= 11 is 0. The molecule has 0 atom stereocenters. The lowest BCUT2D eigenvalue weighted by Crippen LogP contribution is -2.44. The maximum atomic E-state index is 6.15. The Hall–Kier alpha value is -1.78. The minimum absolute atomic E-state index is 0. The first-order chi connectivity index (χ1) is 10.1. The zero-order valence-electron chi connectivity index (χ0n) is 13.1. The Labute approximate surface area is 138 Å². The molecular formula is C17H23ClN4. The van der Waals surface area contributed by atoms with Crippen LogP contribution in [-0.2, 0) is 0 Å². The van der Waals surface area contributed by atoms with Gasteiger partial charge in [0.2, 0.25) is 0 Å². The van der Waals surface area contributed by atoms with Gasteiger partial charge >= 0.3 is 0 Å². The topological polar surface area (TPSA) is 45.4 Å². The number of aromatic nitrogens is 1. The van der Waals surface area contributed by atoms with Gasteiger partial charge in [-0.2, -0.15) is 0 Å². The Morgan fingerprint density at radius 2 is 1.73 bits per heavy atom. The molecule has 0 spiro atoms. The number of nitrogens with zero attached hydrogens (tertiary/aromatic N) is 3. The number of nitrogen functional groups attached to an aromatic ring is 1. The second kappa shape index (κ2) is 6.99. The van der Waals surface area contributed by atoms with Crippen molar-refractivity contribution in [2.24, 2.45) is 0 Å². The summed E-state index contributed by atoms with van der Waals surface area (Å²) in [4.78, 5) is 9.20. The number of piperazine rings is 1. The van der Waals surface area contributed by atoms with Gasteiger partial charge in [0.05, 0.1) is 11.9 Å².